The van der Waals surface area contributed by atoms with Gasteiger partial charge in [-0.15, -0.1) is 0 Å². The van der Waals surface area contributed by atoms with Gasteiger partial charge in [-0.3, -0.25) is 9.69 Å². The number of esters is 1. The molecule has 1 saturated heterocycles. The van der Waals surface area contributed by atoms with Gasteiger partial charge in [-0.1, -0.05) is 227 Å². The largest absolute Gasteiger partial charge is 0.464 e. The number of hydrogen-bond donors (Lipinski definition) is 0. The van der Waals surface area contributed by atoms with E-state index in [4.69, 9.17) is 4.74 Å². The Balaban J connectivity index is 2.65. The van der Waals surface area contributed by atoms with Crippen LogP contribution in [-0.4, -0.2) is 111 Å². The third-order valence-corrected chi connectivity index (χ3v) is 14.1. The molecule has 0 bridgehead atoms. The molecule has 6 nitrogen and oxygen atoms in total. The summed E-state index contributed by atoms with van der Waals surface area (Å²) in [5.74, 6) is 0.488. The van der Waals surface area contributed by atoms with E-state index in [-0.39, 0.29) is 5.97 Å². The maximum atomic E-state index is 13.2. The Bertz CT molecular complexity index is 867. The first kappa shape index (κ1) is 59.3. The van der Waals surface area contributed by atoms with E-state index in [0.717, 1.165) is 39.1 Å². The number of rotatable bonds is 50. The maximum absolute atomic E-state index is 13.2. The van der Waals surface area contributed by atoms with Gasteiger partial charge in [0.1, 0.15) is 0 Å². The van der Waals surface area contributed by atoms with Crippen LogP contribution in [0.5, 0.6) is 0 Å². The summed E-state index contributed by atoms with van der Waals surface area (Å²) in [7, 11) is 0. The Labute approximate surface area is 390 Å². The fourth-order valence-electron chi connectivity index (χ4n) is 9.66. The van der Waals surface area contributed by atoms with Gasteiger partial charge in [-0.25, -0.2) is 0 Å². The minimum Gasteiger partial charge on any atom is -0.464 e. The van der Waals surface area contributed by atoms with Crippen LogP contribution in [0.3, 0.4) is 0 Å². The van der Waals surface area contributed by atoms with Crippen LogP contribution >= 0.6 is 0 Å². The van der Waals surface area contributed by atoms with Crippen LogP contribution in [0, 0.1) is 5.92 Å². The SMILES string of the molecule is CCCCCCCCCN(CCCCCCCCC)CCN(CCCCCCCCC)CCN1CCC(COC(=O)CN(CCCCCCCCC)CCCCCCCCC)C1. The van der Waals surface area contributed by atoms with E-state index < -0.39 is 0 Å². The Morgan fingerprint density at radius 3 is 1.06 bits per heavy atom. The molecule has 0 aromatic heterocycles. The average Bonchev–Trinajstić information content (AvgIpc) is 3.74. The van der Waals surface area contributed by atoms with Crippen molar-refractivity contribution >= 4 is 5.97 Å². The zero-order valence-electron chi connectivity index (χ0n) is 43.3. The second-order valence-electron chi connectivity index (χ2n) is 20.2. The maximum Gasteiger partial charge on any atom is 0.320 e. The van der Waals surface area contributed by atoms with E-state index in [1.54, 1.807) is 0 Å². The summed E-state index contributed by atoms with van der Waals surface area (Å²) < 4.78 is 6.05. The number of carbonyl (C=O) groups excluding carboxylic acids is 1. The lowest BCUT2D eigenvalue weighted by atomic mass is 10.1. The molecule has 0 aliphatic carbocycles. The highest BCUT2D eigenvalue weighted by Gasteiger charge is 2.24. The summed E-state index contributed by atoms with van der Waals surface area (Å²) >= 11 is 0. The van der Waals surface area contributed by atoms with Crippen LogP contribution in [0.25, 0.3) is 0 Å². The summed E-state index contributed by atoms with van der Waals surface area (Å²) in [4.78, 5) is 24.0. The molecule has 0 spiro atoms. The predicted octanol–water partition coefficient (Wildman–Crippen LogP) is 15.5. The van der Waals surface area contributed by atoms with Gasteiger partial charge in [0, 0.05) is 38.6 Å². The molecule has 0 saturated carbocycles. The molecule has 1 atom stereocenters. The first-order chi connectivity index (χ1) is 30.6. The number of nitrogens with zero attached hydrogens (tertiary/aromatic N) is 4. The lowest BCUT2D eigenvalue weighted by Crippen LogP contribution is -2.40. The minimum atomic E-state index is 0.00718. The summed E-state index contributed by atoms with van der Waals surface area (Å²) in [6.07, 6.45) is 48.9. The number of unbranched alkanes of at least 4 members (excludes halogenated alkanes) is 30. The zero-order valence-corrected chi connectivity index (χ0v) is 43.3. The van der Waals surface area contributed by atoms with Gasteiger partial charge in [0.15, 0.2) is 0 Å². The first-order valence-corrected chi connectivity index (χ1v) is 28.6. The minimum absolute atomic E-state index is 0.00718. The standard InChI is InChI=1S/C56H114N4O2/c1-6-11-16-21-26-31-36-42-57(43-37-32-27-22-17-12-7-2)48-49-58(44-38-33-28-23-18-13-8-3)50-51-60-47-41-55(52-60)54-62-56(61)53-59(45-39-34-29-24-19-14-9-4)46-40-35-30-25-20-15-10-5/h55H,6-54H2,1-5H3. The molecule has 1 aliphatic rings. The molecule has 1 heterocycles. The van der Waals surface area contributed by atoms with E-state index in [9.17, 15) is 4.79 Å². The quantitative estimate of drug-likeness (QED) is 0.0448. The lowest BCUT2D eigenvalue weighted by molar-refractivity contribution is -0.146. The van der Waals surface area contributed by atoms with Gasteiger partial charge in [-0.05, 0) is 77.8 Å². The Morgan fingerprint density at radius 1 is 0.403 bits per heavy atom. The topological polar surface area (TPSA) is 39.3 Å². The predicted molar refractivity (Wildman–Crippen MR) is 275 cm³/mol. The average molecular weight is 876 g/mol. The van der Waals surface area contributed by atoms with Crippen LogP contribution in [0.2, 0.25) is 0 Å². The molecular weight excluding hydrogens is 761 g/mol. The molecule has 1 rings (SSSR count). The summed E-state index contributed by atoms with van der Waals surface area (Å²) in [5, 5.41) is 0. The Hall–Kier alpha value is -0.690. The molecule has 0 radical (unpaired) electrons. The van der Waals surface area contributed by atoms with Crippen LogP contribution in [-0.2, 0) is 9.53 Å². The molecule has 0 N–H and O–H groups in total. The smallest absolute Gasteiger partial charge is 0.320 e. The van der Waals surface area contributed by atoms with E-state index >= 15 is 0 Å². The Morgan fingerprint density at radius 2 is 0.710 bits per heavy atom. The second kappa shape index (κ2) is 46.8. The van der Waals surface area contributed by atoms with Crippen molar-refractivity contribution in [3.8, 4) is 0 Å². The van der Waals surface area contributed by atoms with Gasteiger partial charge in [0.25, 0.3) is 0 Å². The summed E-state index contributed by atoms with van der Waals surface area (Å²) in [6.45, 7) is 25.6. The van der Waals surface area contributed by atoms with E-state index in [2.05, 4.69) is 54.2 Å². The molecular formula is C56H114N4O2. The number of ether oxygens (including phenoxy) is 1. The van der Waals surface area contributed by atoms with Crippen LogP contribution < -0.4 is 0 Å². The molecule has 0 aromatic carbocycles. The third kappa shape index (κ3) is 38.6. The Kier molecular flexibility index (Phi) is 44.8. The van der Waals surface area contributed by atoms with Crippen molar-refractivity contribution in [2.24, 2.45) is 5.92 Å². The third-order valence-electron chi connectivity index (χ3n) is 14.1. The first-order valence-electron chi connectivity index (χ1n) is 28.6. The monoisotopic (exact) mass is 875 g/mol. The summed E-state index contributed by atoms with van der Waals surface area (Å²) in [6, 6.07) is 0. The normalized spacial score (nSPS) is 14.7. The van der Waals surface area contributed by atoms with E-state index in [1.807, 2.05) is 0 Å². The fourth-order valence-corrected chi connectivity index (χ4v) is 9.66. The van der Waals surface area contributed by atoms with Gasteiger partial charge >= 0.3 is 5.97 Å². The highest BCUT2D eigenvalue weighted by Crippen LogP contribution is 2.18. The number of carbonyl (C=O) groups is 1. The number of hydrogen-bond acceptors (Lipinski definition) is 6. The van der Waals surface area contributed by atoms with Crippen molar-refractivity contribution in [1.82, 2.24) is 19.6 Å². The molecule has 1 aliphatic heterocycles. The van der Waals surface area contributed by atoms with Gasteiger partial charge < -0.3 is 19.4 Å². The zero-order chi connectivity index (χ0) is 44.8. The summed E-state index contributed by atoms with van der Waals surface area (Å²) in [5.41, 5.74) is 0. The van der Waals surface area contributed by atoms with Gasteiger partial charge in [0.2, 0.25) is 0 Å². The molecule has 370 valence electrons. The second-order valence-corrected chi connectivity index (χ2v) is 20.2. The molecule has 6 heteroatoms. The fraction of sp³-hybridized carbons (Fsp3) is 0.982. The lowest BCUT2D eigenvalue weighted by Gasteiger charge is -2.29. The van der Waals surface area contributed by atoms with Gasteiger partial charge in [0.05, 0.1) is 13.2 Å². The highest BCUT2D eigenvalue weighted by molar-refractivity contribution is 5.71. The van der Waals surface area contributed by atoms with Gasteiger partial charge in [-0.2, -0.15) is 0 Å². The van der Waals surface area contributed by atoms with Crippen LogP contribution in [0.1, 0.15) is 266 Å². The molecule has 1 fully saturated rings. The van der Waals surface area contributed by atoms with Crippen LogP contribution in [0.15, 0.2) is 0 Å². The molecule has 0 aromatic rings. The molecule has 0 amide bonds. The van der Waals surface area contributed by atoms with E-state index in [1.165, 1.54) is 264 Å². The van der Waals surface area contributed by atoms with Crippen molar-refractivity contribution in [2.45, 2.75) is 266 Å². The van der Waals surface area contributed by atoms with Crippen molar-refractivity contribution in [1.29, 1.82) is 0 Å². The van der Waals surface area contributed by atoms with Crippen molar-refractivity contribution < 1.29 is 9.53 Å². The highest BCUT2D eigenvalue weighted by atomic mass is 16.5. The number of likely N-dealkylation sites (tertiary alicyclic amines) is 1. The van der Waals surface area contributed by atoms with Crippen molar-refractivity contribution in [3.05, 3.63) is 0 Å². The molecule has 1 unspecified atom stereocenters. The van der Waals surface area contributed by atoms with Crippen molar-refractivity contribution in [2.75, 3.05) is 85.1 Å². The van der Waals surface area contributed by atoms with Crippen molar-refractivity contribution in [3.63, 3.8) is 0 Å². The molecule has 62 heavy (non-hydrogen) atoms. The van der Waals surface area contributed by atoms with E-state index in [0.29, 0.717) is 19.1 Å². The van der Waals surface area contributed by atoms with Crippen LogP contribution in [0.4, 0.5) is 0 Å².